The molecule has 1 aliphatic rings. The van der Waals surface area contributed by atoms with Gasteiger partial charge >= 0.3 is 5.63 Å². The molecule has 18 heavy (non-hydrogen) atoms. The third kappa shape index (κ3) is 3.42. The van der Waals surface area contributed by atoms with Crippen molar-refractivity contribution in [2.75, 3.05) is 20.0 Å². The Morgan fingerprint density at radius 3 is 2.44 bits per heavy atom. The van der Waals surface area contributed by atoms with Gasteiger partial charge in [0, 0.05) is 10.9 Å². The first kappa shape index (κ1) is 12.8. The lowest BCUT2D eigenvalue weighted by molar-refractivity contribution is -0.0963. The normalized spacial score (nSPS) is 14.9. The zero-order chi connectivity index (χ0) is 12.8. The second-order valence-corrected chi connectivity index (χ2v) is 4.04. The molecule has 0 bridgehead atoms. The fourth-order valence-corrected chi connectivity index (χ4v) is 1.61. The fraction of sp³-hybridized carbons (Fsp3) is 0.357. The van der Waals surface area contributed by atoms with Gasteiger partial charge in [-0.1, -0.05) is 18.2 Å². The molecule has 1 aromatic heterocycles. The van der Waals surface area contributed by atoms with Crippen molar-refractivity contribution in [2.24, 2.45) is 0 Å². The Bertz CT molecular complexity index is 543. The summed E-state index contributed by atoms with van der Waals surface area (Å²) in [5.74, 6) is 0. The van der Waals surface area contributed by atoms with Crippen LogP contribution in [0, 0.1) is 6.92 Å². The lowest BCUT2D eigenvalue weighted by Gasteiger charge is -2.09. The second-order valence-electron chi connectivity index (χ2n) is 4.04. The van der Waals surface area contributed by atoms with Crippen molar-refractivity contribution < 1.29 is 13.9 Å². The molecule has 4 heteroatoms. The van der Waals surface area contributed by atoms with Crippen LogP contribution in [0.5, 0.6) is 0 Å². The molecule has 1 aromatic carbocycles. The van der Waals surface area contributed by atoms with Gasteiger partial charge in [0.05, 0.1) is 13.2 Å². The molecule has 0 amide bonds. The van der Waals surface area contributed by atoms with E-state index in [0.29, 0.717) is 17.9 Å². The predicted octanol–water partition coefficient (Wildman–Crippen LogP) is 2.48. The summed E-state index contributed by atoms with van der Waals surface area (Å²) >= 11 is 0. The zero-order valence-electron chi connectivity index (χ0n) is 10.3. The molecule has 3 rings (SSSR count). The van der Waals surface area contributed by atoms with E-state index in [9.17, 15) is 4.79 Å². The van der Waals surface area contributed by atoms with E-state index in [1.807, 2.05) is 24.3 Å². The number of hydrogen-bond donors (Lipinski definition) is 0. The van der Waals surface area contributed by atoms with E-state index in [4.69, 9.17) is 13.9 Å². The van der Waals surface area contributed by atoms with Gasteiger partial charge in [-0.25, -0.2) is 4.79 Å². The van der Waals surface area contributed by atoms with E-state index >= 15 is 0 Å². The monoisotopic (exact) mass is 248 g/mol. The summed E-state index contributed by atoms with van der Waals surface area (Å²) in [6.07, 6.45) is 1.06. The molecular weight excluding hydrogens is 232 g/mol. The number of rotatable bonds is 0. The van der Waals surface area contributed by atoms with Gasteiger partial charge in [-0.15, -0.1) is 0 Å². The molecule has 0 unspecified atom stereocenters. The number of fused-ring (bicyclic) bond motifs is 1. The van der Waals surface area contributed by atoms with E-state index in [1.165, 1.54) is 0 Å². The highest BCUT2D eigenvalue weighted by Gasteiger charge is 1.98. The van der Waals surface area contributed by atoms with Crippen LogP contribution in [0.4, 0.5) is 0 Å². The Morgan fingerprint density at radius 1 is 1.11 bits per heavy atom. The van der Waals surface area contributed by atoms with Crippen molar-refractivity contribution in [1.29, 1.82) is 0 Å². The van der Waals surface area contributed by atoms with Crippen LogP contribution in [-0.2, 0) is 9.47 Å². The highest BCUT2D eigenvalue weighted by atomic mass is 16.7. The maximum Gasteiger partial charge on any atom is 0.339 e. The van der Waals surface area contributed by atoms with Crippen LogP contribution in [0.3, 0.4) is 0 Å². The van der Waals surface area contributed by atoms with Crippen LogP contribution >= 0.6 is 0 Å². The van der Waals surface area contributed by atoms with E-state index in [0.717, 1.165) is 25.0 Å². The zero-order valence-corrected chi connectivity index (χ0v) is 10.3. The van der Waals surface area contributed by atoms with Crippen molar-refractivity contribution in [2.45, 2.75) is 13.3 Å². The minimum atomic E-state index is -0.256. The summed E-state index contributed by atoms with van der Waals surface area (Å²) in [4.78, 5) is 11.1. The lowest BCUT2D eigenvalue weighted by atomic mass is 10.2. The van der Waals surface area contributed by atoms with E-state index in [1.54, 1.807) is 13.0 Å². The molecule has 96 valence electrons. The number of para-hydroxylation sites is 1. The van der Waals surface area contributed by atoms with Gasteiger partial charge < -0.3 is 13.9 Å². The first-order valence-corrected chi connectivity index (χ1v) is 5.92. The summed E-state index contributed by atoms with van der Waals surface area (Å²) in [6.45, 7) is 4.00. The minimum absolute atomic E-state index is 0.256. The molecular formula is C14H16O4. The van der Waals surface area contributed by atoms with Crippen LogP contribution < -0.4 is 5.63 Å². The van der Waals surface area contributed by atoms with Crippen molar-refractivity contribution in [1.82, 2.24) is 0 Å². The van der Waals surface area contributed by atoms with E-state index in [-0.39, 0.29) is 5.63 Å². The Balaban J connectivity index is 0.000000169. The van der Waals surface area contributed by atoms with Gasteiger partial charge in [0.1, 0.15) is 12.4 Å². The Hall–Kier alpha value is -1.65. The molecule has 2 heterocycles. The highest BCUT2D eigenvalue weighted by Crippen LogP contribution is 2.11. The molecule has 0 aliphatic carbocycles. The number of aryl methyl sites for hydroxylation is 1. The summed E-state index contributed by atoms with van der Waals surface area (Å²) in [5.41, 5.74) is 1.04. The average Bonchev–Trinajstić information content (AvgIpc) is 2.43. The van der Waals surface area contributed by atoms with E-state index in [2.05, 4.69) is 0 Å². The Kier molecular flexibility index (Phi) is 4.50. The largest absolute Gasteiger partial charge is 0.423 e. The molecule has 1 fully saturated rings. The molecule has 1 aliphatic heterocycles. The molecule has 0 atom stereocenters. The molecule has 0 N–H and O–H groups in total. The summed E-state index contributed by atoms with van der Waals surface area (Å²) in [5, 5.41) is 0.967. The van der Waals surface area contributed by atoms with Crippen molar-refractivity contribution >= 4 is 11.0 Å². The molecule has 4 nitrogen and oxygen atoms in total. The maximum absolute atomic E-state index is 11.1. The molecule has 0 radical (unpaired) electrons. The van der Waals surface area contributed by atoms with Crippen LogP contribution in [0.15, 0.2) is 39.5 Å². The average molecular weight is 248 g/mol. The van der Waals surface area contributed by atoms with Crippen LogP contribution in [0.1, 0.15) is 12.0 Å². The number of hydrogen-bond acceptors (Lipinski definition) is 4. The lowest BCUT2D eigenvalue weighted by Crippen LogP contribution is -2.11. The Labute approximate surface area is 105 Å². The van der Waals surface area contributed by atoms with Crippen molar-refractivity contribution in [3.63, 3.8) is 0 Å². The second kappa shape index (κ2) is 6.33. The fourth-order valence-electron chi connectivity index (χ4n) is 1.61. The predicted molar refractivity (Wildman–Crippen MR) is 68.6 cm³/mol. The third-order valence-electron chi connectivity index (χ3n) is 2.56. The van der Waals surface area contributed by atoms with Crippen LogP contribution in [0.25, 0.3) is 11.0 Å². The summed E-state index contributed by atoms with van der Waals surface area (Å²) < 4.78 is 14.7. The number of benzene rings is 1. The van der Waals surface area contributed by atoms with Crippen molar-refractivity contribution in [3.05, 3.63) is 46.3 Å². The molecule has 1 saturated heterocycles. The molecule has 2 aromatic rings. The quantitative estimate of drug-likeness (QED) is 0.672. The highest BCUT2D eigenvalue weighted by molar-refractivity contribution is 5.76. The minimum Gasteiger partial charge on any atom is -0.423 e. The standard InChI is InChI=1S/C10H8O2.C4H8O2/c1-7-6-8-4-2-3-5-9(8)12-10(7)11;1-2-5-4-6-3-1/h2-6H,1H3;1-4H2. The van der Waals surface area contributed by atoms with Crippen molar-refractivity contribution in [3.8, 4) is 0 Å². The van der Waals surface area contributed by atoms with Gasteiger partial charge in [-0.05, 0) is 25.5 Å². The van der Waals surface area contributed by atoms with Gasteiger partial charge in [0.15, 0.2) is 0 Å². The summed E-state index contributed by atoms with van der Waals surface area (Å²) in [7, 11) is 0. The van der Waals surface area contributed by atoms with Crippen LogP contribution in [0.2, 0.25) is 0 Å². The Morgan fingerprint density at radius 2 is 1.83 bits per heavy atom. The van der Waals surface area contributed by atoms with Gasteiger partial charge in [0.25, 0.3) is 0 Å². The first-order valence-electron chi connectivity index (χ1n) is 5.92. The third-order valence-corrected chi connectivity index (χ3v) is 2.56. The van der Waals surface area contributed by atoms with Gasteiger partial charge in [-0.3, -0.25) is 0 Å². The maximum atomic E-state index is 11.1. The van der Waals surface area contributed by atoms with Gasteiger partial charge in [-0.2, -0.15) is 0 Å². The topological polar surface area (TPSA) is 48.7 Å². The SMILES string of the molecule is C1COCOC1.Cc1cc2ccccc2oc1=O. The van der Waals surface area contributed by atoms with Crippen LogP contribution in [-0.4, -0.2) is 20.0 Å². The molecule has 0 spiro atoms. The summed E-state index contributed by atoms with van der Waals surface area (Å²) in [6, 6.07) is 9.31. The van der Waals surface area contributed by atoms with Gasteiger partial charge in [0.2, 0.25) is 0 Å². The number of ether oxygens (including phenoxy) is 2. The smallest absolute Gasteiger partial charge is 0.339 e. The molecule has 0 saturated carbocycles. The first-order chi connectivity index (χ1) is 8.77. The van der Waals surface area contributed by atoms with E-state index < -0.39 is 0 Å².